The zero-order chi connectivity index (χ0) is 16.4. The molecule has 0 atom stereocenters. The number of benzene rings is 2. The van der Waals surface area contributed by atoms with E-state index in [1.165, 1.54) is 4.31 Å². The molecule has 0 saturated heterocycles. The Morgan fingerprint density at radius 3 is 2.35 bits per heavy atom. The maximum Gasteiger partial charge on any atom is 0.243 e. The Balaban J connectivity index is 1.78. The lowest BCUT2D eigenvalue weighted by Crippen LogP contribution is -2.29. The normalized spacial score (nSPS) is 15.4. The topological polar surface area (TPSA) is 37.4 Å². The van der Waals surface area contributed by atoms with Crippen molar-refractivity contribution in [2.45, 2.75) is 11.8 Å². The van der Waals surface area contributed by atoms with Gasteiger partial charge in [-0.3, -0.25) is 0 Å². The van der Waals surface area contributed by atoms with Crippen LogP contribution in [0.2, 0.25) is 0 Å². The van der Waals surface area contributed by atoms with E-state index in [0.717, 1.165) is 22.3 Å². The summed E-state index contributed by atoms with van der Waals surface area (Å²) in [6.45, 7) is 6.81. The van der Waals surface area contributed by atoms with Crippen molar-refractivity contribution < 1.29 is 8.42 Å². The summed E-state index contributed by atoms with van der Waals surface area (Å²) in [5.41, 5.74) is 3.91. The molecule has 2 aromatic carbocycles. The fourth-order valence-electron chi connectivity index (χ4n) is 2.62. The van der Waals surface area contributed by atoms with Crippen LogP contribution in [0.1, 0.15) is 11.1 Å². The van der Waals surface area contributed by atoms with Crippen molar-refractivity contribution in [3.63, 3.8) is 0 Å². The highest BCUT2D eigenvalue weighted by Crippen LogP contribution is 2.28. The smallest absolute Gasteiger partial charge is 0.207 e. The van der Waals surface area contributed by atoms with Crippen LogP contribution in [-0.4, -0.2) is 25.8 Å². The van der Waals surface area contributed by atoms with Crippen LogP contribution in [0.3, 0.4) is 0 Å². The maximum atomic E-state index is 12.7. The van der Waals surface area contributed by atoms with E-state index in [9.17, 15) is 8.42 Å². The van der Waals surface area contributed by atoms with Gasteiger partial charge >= 0.3 is 0 Å². The number of hydrogen-bond acceptors (Lipinski definition) is 2. The Morgan fingerprint density at radius 2 is 1.70 bits per heavy atom. The highest BCUT2D eigenvalue weighted by atomic mass is 32.2. The monoisotopic (exact) mass is 325 g/mol. The average molecular weight is 325 g/mol. The van der Waals surface area contributed by atoms with Gasteiger partial charge in [-0.05, 0) is 35.8 Å². The third-order valence-electron chi connectivity index (χ3n) is 4.06. The van der Waals surface area contributed by atoms with E-state index in [2.05, 4.69) is 6.58 Å². The quantitative estimate of drug-likeness (QED) is 0.860. The lowest BCUT2D eigenvalue weighted by molar-refractivity contribution is 0.486. The second-order valence-electron chi connectivity index (χ2n) is 5.68. The number of sulfonamides is 1. The molecule has 0 N–H and O–H groups in total. The number of hydrogen-bond donors (Lipinski definition) is 0. The van der Waals surface area contributed by atoms with Gasteiger partial charge in [-0.15, -0.1) is 0 Å². The summed E-state index contributed by atoms with van der Waals surface area (Å²) in [5, 5.41) is 0. The van der Waals surface area contributed by atoms with E-state index in [1.807, 2.05) is 55.5 Å². The van der Waals surface area contributed by atoms with Crippen LogP contribution >= 0.6 is 0 Å². The van der Waals surface area contributed by atoms with Gasteiger partial charge in [0.15, 0.2) is 0 Å². The largest absolute Gasteiger partial charge is 0.243 e. The molecule has 1 aliphatic heterocycles. The molecule has 0 unspecified atom stereocenters. The van der Waals surface area contributed by atoms with E-state index in [-0.39, 0.29) is 0 Å². The molecule has 3 nitrogen and oxygen atoms in total. The van der Waals surface area contributed by atoms with Crippen LogP contribution in [0.15, 0.2) is 77.7 Å². The minimum Gasteiger partial charge on any atom is -0.207 e. The first-order chi connectivity index (χ1) is 11.0. The molecule has 0 saturated carbocycles. The minimum absolute atomic E-state index is 0.336. The van der Waals surface area contributed by atoms with Crippen LogP contribution in [0.4, 0.5) is 0 Å². The Kier molecular flexibility index (Phi) is 4.20. The van der Waals surface area contributed by atoms with E-state index in [1.54, 1.807) is 12.1 Å². The number of rotatable bonds is 4. The Hall–Kier alpha value is -2.17. The van der Waals surface area contributed by atoms with Crippen LogP contribution in [0, 0.1) is 6.92 Å². The zero-order valence-electron chi connectivity index (χ0n) is 13.1. The molecule has 118 valence electrons. The first-order valence-electron chi connectivity index (χ1n) is 7.49. The maximum absolute atomic E-state index is 12.7. The molecular weight excluding hydrogens is 306 g/mol. The van der Waals surface area contributed by atoms with E-state index in [4.69, 9.17) is 0 Å². The lowest BCUT2D eigenvalue weighted by Gasteiger charge is -2.17. The van der Waals surface area contributed by atoms with Gasteiger partial charge < -0.3 is 0 Å². The van der Waals surface area contributed by atoms with Crippen molar-refractivity contribution in [3.05, 3.63) is 84.0 Å². The van der Waals surface area contributed by atoms with Gasteiger partial charge in [-0.25, -0.2) is 8.42 Å². The molecule has 0 spiro atoms. The Bertz CT molecular complexity index is 850. The SMILES string of the molecule is C=C(C1=CCN(S(=O)(=O)c2ccc(C)cc2)C1)c1ccccc1. The summed E-state index contributed by atoms with van der Waals surface area (Å²) >= 11 is 0. The van der Waals surface area contributed by atoms with Crippen molar-refractivity contribution >= 4 is 15.6 Å². The van der Waals surface area contributed by atoms with Crippen molar-refractivity contribution in [1.29, 1.82) is 0 Å². The molecule has 4 heteroatoms. The van der Waals surface area contributed by atoms with Crippen LogP contribution in [0.5, 0.6) is 0 Å². The van der Waals surface area contributed by atoms with Crippen LogP contribution in [0.25, 0.3) is 5.57 Å². The van der Waals surface area contributed by atoms with Crippen LogP contribution < -0.4 is 0 Å². The van der Waals surface area contributed by atoms with Gasteiger partial charge in [0.2, 0.25) is 10.0 Å². The summed E-state index contributed by atoms with van der Waals surface area (Å²) in [7, 11) is -3.46. The van der Waals surface area contributed by atoms with E-state index in [0.29, 0.717) is 18.0 Å². The molecule has 1 aliphatic rings. The molecule has 2 aromatic rings. The summed E-state index contributed by atoms with van der Waals surface area (Å²) in [6, 6.07) is 16.8. The Morgan fingerprint density at radius 1 is 1.04 bits per heavy atom. The molecule has 0 fully saturated rings. The van der Waals surface area contributed by atoms with Crippen molar-refractivity contribution in [2.24, 2.45) is 0 Å². The first-order valence-corrected chi connectivity index (χ1v) is 8.93. The molecular formula is C19H19NO2S. The molecule has 0 aliphatic carbocycles. The second-order valence-corrected chi connectivity index (χ2v) is 7.62. The zero-order valence-corrected chi connectivity index (χ0v) is 13.9. The predicted molar refractivity (Wildman–Crippen MR) is 93.5 cm³/mol. The van der Waals surface area contributed by atoms with Gasteiger partial charge in [-0.2, -0.15) is 4.31 Å². The molecule has 0 radical (unpaired) electrons. The third-order valence-corrected chi connectivity index (χ3v) is 5.88. The minimum atomic E-state index is -3.46. The summed E-state index contributed by atoms with van der Waals surface area (Å²) in [4.78, 5) is 0.336. The van der Waals surface area contributed by atoms with Gasteiger partial charge in [0.1, 0.15) is 0 Å². The fourth-order valence-corrected chi connectivity index (χ4v) is 3.97. The van der Waals surface area contributed by atoms with Gasteiger partial charge in [0.05, 0.1) is 4.90 Å². The summed E-state index contributed by atoms with van der Waals surface area (Å²) in [6.07, 6.45) is 1.95. The highest BCUT2D eigenvalue weighted by molar-refractivity contribution is 7.89. The van der Waals surface area contributed by atoms with E-state index >= 15 is 0 Å². The van der Waals surface area contributed by atoms with Crippen molar-refractivity contribution in [1.82, 2.24) is 4.31 Å². The van der Waals surface area contributed by atoms with E-state index < -0.39 is 10.0 Å². The lowest BCUT2D eigenvalue weighted by atomic mass is 10.0. The molecule has 0 bridgehead atoms. The van der Waals surface area contributed by atoms with Crippen molar-refractivity contribution in [3.8, 4) is 0 Å². The second kappa shape index (κ2) is 6.14. The van der Waals surface area contributed by atoms with Gasteiger partial charge in [-0.1, -0.05) is 60.7 Å². The van der Waals surface area contributed by atoms with Crippen LogP contribution in [-0.2, 0) is 10.0 Å². The van der Waals surface area contributed by atoms with Gasteiger partial charge in [0.25, 0.3) is 0 Å². The summed E-state index contributed by atoms with van der Waals surface area (Å²) < 4.78 is 26.9. The number of nitrogens with zero attached hydrogens (tertiary/aromatic N) is 1. The summed E-state index contributed by atoms with van der Waals surface area (Å²) in [5.74, 6) is 0. The molecule has 1 heterocycles. The Labute approximate surface area is 137 Å². The number of aryl methyl sites for hydroxylation is 1. The molecule has 23 heavy (non-hydrogen) atoms. The molecule has 0 amide bonds. The van der Waals surface area contributed by atoms with Gasteiger partial charge in [0, 0.05) is 13.1 Å². The average Bonchev–Trinajstić information content (AvgIpc) is 3.06. The van der Waals surface area contributed by atoms with Crippen molar-refractivity contribution in [2.75, 3.05) is 13.1 Å². The highest BCUT2D eigenvalue weighted by Gasteiger charge is 2.28. The first kappa shape index (κ1) is 15.7. The third kappa shape index (κ3) is 3.14. The fraction of sp³-hybridized carbons (Fsp3) is 0.158. The molecule has 3 rings (SSSR count). The predicted octanol–water partition coefficient (Wildman–Crippen LogP) is 3.64. The standard InChI is InChI=1S/C19H19NO2S/c1-15-8-10-19(11-9-15)23(21,22)20-13-12-18(14-20)16(2)17-6-4-3-5-7-17/h3-12H,2,13-14H2,1H3. The molecule has 0 aromatic heterocycles.